The van der Waals surface area contributed by atoms with Gasteiger partial charge in [0.25, 0.3) is 5.91 Å². The summed E-state index contributed by atoms with van der Waals surface area (Å²) in [5.74, 6) is -0.249. The van der Waals surface area contributed by atoms with Gasteiger partial charge in [-0.3, -0.25) is 4.79 Å². The smallest absolute Gasteiger partial charge is 0.272 e. The first kappa shape index (κ1) is 15.6. The first-order valence-corrected chi connectivity index (χ1v) is 7.48. The van der Waals surface area contributed by atoms with E-state index in [1.807, 2.05) is 48.7 Å². The number of carbonyl (C=O) groups is 1. The lowest BCUT2D eigenvalue weighted by Gasteiger charge is -2.09. The van der Waals surface area contributed by atoms with Crippen molar-refractivity contribution in [1.82, 2.24) is 14.1 Å². The van der Waals surface area contributed by atoms with Crippen LogP contribution < -0.4 is 5.32 Å². The van der Waals surface area contributed by atoms with E-state index in [-0.39, 0.29) is 5.91 Å². The number of carbonyl (C=O) groups excluding carboxylic acids is 1. The van der Waals surface area contributed by atoms with Crippen LogP contribution in [0.4, 0.5) is 5.69 Å². The highest BCUT2D eigenvalue weighted by Gasteiger charge is 2.12. The molecule has 0 spiro atoms. The molecule has 6 nitrogen and oxygen atoms in total. The van der Waals surface area contributed by atoms with Crippen LogP contribution in [-0.4, -0.2) is 20.0 Å². The first-order chi connectivity index (χ1) is 11.5. The molecule has 6 heteroatoms. The molecule has 0 unspecified atom stereocenters. The molecule has 0 saturated heterocycles. The number of aryl methyl sites for hydroxylation is 2. The second-order valence-corrected chi connectivity index (χ2v) is 5.62. The first-order valence-electron chi connectivity index (χ1n) is 7.48. The van der Waals surface area contributed by atoms with Gasteiger partial charge in [0.05, 0.1) is 17.6 Å². The largest absolute Gasteiger partial charge is 0.345 e. The van der Waals surface area contributed by atoms with Crippen molar-refractivity contribution < 1.29 is 4.79 Å². The molecule has 1 N–H and O–H groups in total. The topological polar surface area (TPSA) is 75.6 Å². The Kier molecular flexibility index (Phi) is 3.92. The number of nitriles is 1. The Bertz CT molecular complexity index is 941. The predicted molar refractivity (Wildman–Crippen MR) is 91.1 cm³/mol. The highest BCUT2D eigenvalue weighted by molar-refractivity contribution is 6.03. The quantitative estimate of drug-likeness (QED) is 0.806. The number of anilines is 1. The number of hydrogen-bond acceptors (Lipinski definition) is 3. The second-order valence-electron chi connectivity index (χ2n) is 5.62. The molecule has 120 valence electrons. The van der Waals surface area contributed by atoms with Crippen LogP contribution >= 0.6 is 0 Å². The minimum atomic E-state index is -0.249. The third-order valence-electron chi connectivity index (χ3n) is 4.02. The summed E-state index contributed by atoms with van der Waals surface area (Å²) in [5.41, 5.74) is 4.65. The Morgan fingerprint density at radius 1 is 1.25 bits per heavy atom. The predicted octanol–water partition coefficient (Wildman–Crippen LogP) is 2.95. The van der Waals surface area contributed by atoms with Crippen molar-refractivity contribution in [3.05, 3.63) is 65.5 Å². The Hall–Kier alpha value is -3.33. The molecule has 2 heterocycles. The molecule has 3 aromatic rings. The number of hydrogen-bond donors (Lipinski definition) is 1. The molecule has 0 radical (unpaired) electrons. The lowest BCUT2D eigenvalue weighted by Crippen LogP contribution is -2.15. The van der Waals surface area contributed by atoms with E-state index in [0.29, 0.717) is 16.9 Å². The summed E-state index contributed by atoms with van der Waals surface area (Å²) < 4.78 is 3.64. The molecule has 0 aliphatic rings. The Balaban J connectivity index is 1.79. The molecule has 0 aliphatic carbocycles. The summed E-state index contributed by atoms with van der Waals surface area (Å²) >= 11 is 0. The number of amides is 1. The van der Waals surface area contributed by atoms with Gasteiger partial charge in [-0.15, -0.1) is 0 Å². The lowest BCUT2D eigenvalue weighted by molar-refractivity contribution is 0.101. The molecule has 0 bridgehead atoms. The molecular formula is C18H17N5O. The zero-order valence-corrected chi connectivity index (χ0v) is 13.7. The van der Waals surface area contributed by atoms with Crippen LogP contribution in [-0.2, 0) is 7.05 Å². The van der Waals surface area contributed by atoms with E-state index in [4.69, 9.17) is 5.26 Å². The van der Waals surface area contributed by atoms with E-state index in [2.05, 4.69) is 10.3 Å². The van der Waals surface area contributed by atoms with E-state index >= 15 is 0 Å². The molecule has 1 amide bonds. The fourth-order valence-electron chi connectivity index (χ4n) is 2.51. The molecule has 3 rings (SSSR count). The fraction of sp³-hybridized carbons (Fsp3) is 0.167. The van der Waals surface area contributed by atoms with Crippen LogP contribution in [0.15, 0.2) is 42.9 Å². The summed E-state index contributed by atoms with van der Waals surface area (Å²) in [7, 11) is 1.74. The van der Waals surface area contributed by atoms with Crippen LogP contribution in [0, 0.1) is 25.2 Å². The highest BCUT2D eigenvalue weighted by Crippen LogP contribution is 2.17. The van der Waals surface area contributed by atoms with Crippen molar-refractivity contribution in [3.8, 4) is 11.8 Å². The maximum atomic E-state index is 12.3. The van der Waals surface area contributed by atoms with Crippen LogP contribution in [0.1, 0.15) is 27.4 Å². The van der Waals surface area contributed by atoms with Gasteiger partial charge in [-0.1, -0.05) is 0 Å². The SMILES string of the molecule is Cc1ncn(-c2ccc(NC(=O)c3cc(C#N)cn3C)cc2)c1C. The van der Waals surface area contributed by atoms with Gasteiger partial charge in [0.2, 0.25) is 0 Å². The van der Waals surface area contributed by atoms with Crippen LogP contribution in [0.5, 0.6) is 0 Å². The highest BCUT2D eigenvalue weighted by atomic mass is 16.1. The lowest BCUT2D eigenvalue weighted by atomic mass is 10.2. The number of imidazole rings is 1. The molecule has 0 fully saturated rings. The molecule has 2 aromatic heterocycles. The summed E-state index contributed by atoms with van der Waals surface area (Å²) in [4.78, 5) is 16.6. The average molecular weight is 319 g/mol. The van der Waals surface area contributed by atoms with Gasteiger partial charge in [-0.25, -0.2) is 4.98 Å². The van der Waals surface area contributed by atoms with E-state index in [1.165, 1.54) is 0 Å². The minimum Gasteiger partial charge on any atom is -0.345 e. The summed E-state index contributed by atoms with van der Waals surface area (Å²) in [6.45, 7) is 3.98. The van der Waals surface area contributed by atoms with Gasteiger partial charge < -0.3 is 14.5 Å². The summed E-state index contributed by atoms with van der Waals surface area (Å²) in [5, 5.41) is 11.7. The molecular weight excluding hydrogens is 302 g/mol. The number of nitrogens with zero attached hydrogens (tertiary/aromatic N) is 4. The summed E-state index contributed by atoms with van der Waals surface area (Å²) in [6.07, 6.45) is 3.41. The minimum absolute atomic E-state index is 0.249. The van der Waals surface area contributed by atoms with E-state index in [0.717, 1.165) is 17.1 Å². The Labute approximate surface area is 140 Å². The van der Waals surface area contributed by atoms with Gasteiger partial charge in [0, 0.05) is 30.3 Å². The maximum absolute atomic E-state index is 12.3. The van der Waals surface area contributed by atoms with Gasteiger partial charge in [-0.2, -0.15) is 5.26 Å². The number of benzene rings is 1. The average Bonchev–Trinajstić information content (AvgIpc) is 3.12. The monoisotopic (exact) mass is 319 g/mol. The number of rotatable bonds is 3. The zero-order chi connectivity index (χ0) is 17.3. The van der Waals surface area contributed by atoms with Crippen molar-refractivity contribution in [3.63, 3.8) is 0 Å². The van der Waals surface area contributed by atoms with E-state index in [1.54, 1.807) is 30.2 Å². The Morgan fingerprint density at radius 3 is 2.50 bits per heavy atom. The van der Waals surface area contributed by atoms with E-state index in [9.17, 15) is 4.79 Å². The molecule has 24 heavy (non-hydrogen) atoms. The number of aromatic nitrogens is 3. The van der Waals surface area contributed by atoms with E-state index < -0.39 is 0 Å². The van der Waals surface area contributed by atoms with Crippen LogP contribution in [0.2, 0.25) is 0 Å². The third-order valence-corrected chi connectivity index (χ3v) is 4.02. The van der Waals surface area contributed by atoms with Gasteiger partial charge in [-0.05, 0) is 44.2 Å². The zero-order valence-electron chi connectivity index (χ0n) is 13.7. The van der Waals surface area contributed by atoms with Crippen molar-refractivity contribution in [1.29, 1.82) is 5.26 Å². The normalized spacial score (nSPS) is 10.4. The standard InChI is InChI=1S/C18H17N5O/c1-12-13(2)23(11-20-12)16-6-4-15(5-7-16)21-18(24)17-8-14(9-19)10-22(17)3/h4-8,10-11H,1-3H3,(H,21,24). The van der Waals surface area contributed by atoms with Gasteiger partial charge >= 0.3 is 0 Å². The van der Waals surface area contributed by atoms with Crippen molar-refractivity contribution in [2.75, 3.05) is 5.32 Å². The second kappa shape index (κ2) is 6.05. The maximum Gasteiger partial charge on any atom is 0.272 e. The van der Waals surface area contributed by atoms with Crippen LogP contribution in [0.3, 0.4) is 0 Å². The molecule has 1 aromatic carbocycles. The van der Waals surface area contributed by atoms with Crippen molar-refractivity contribution >= 4 is 11.6 Å². The van der Waals surface area contributed by atoms with Crippen LogP contribution in [0.25, 0.3) is 5.69 Å². The van der Waals surface area contributed by atoms with Crippen molar-refractivity contribution in [2.24, 2.45) is 7.05 Å². The number of nitrogens with one attached hydrogen (secondary N) is 1. The Morgan fingerprint density at radius 2 is 1.96 bits per heavy atom. The molecule has 0 saturated carbocycles. The third kappa shape index (κ3) is 2.79. The fourth-order valence-corrected chi connectivity index (χ4v) is 2.51. The van der Waals surface area contributed by atoms with Gasteiger partial charge in [0.15, 0.2) is 0 Å². The molecule has 0 aliphatic heterocycles. The molecule has 0 atom stereocenters. The summed E-state index contributed by atoms with van der Waals surface area (Å²) in [6, 6.07) is 11.1. The van der Waals surface area contributed by atoms with Gasteiger partial charge in [0.1, 0.15) is 11.8 Å². The van der Waals surface area contributed by atoms with Crippen molar-refractivity contribution in [2.45, 2.75) is 13.8 Å².